The van der Waals surface area contributed by atoms with Crippen LogP contribution in [-0.4, -0.2) is 62.2 Å². The van der Waals surface area contributed by atoms with Gasteiger partial charge in [0.2, 0.25) is 0 Å². The number of carbonyl (C=O) groups is 1. The molecule has 8 heteroatoms. The third kappa shape index (κ3) is 4.58. The Kier molecular flexibility index (Phi) is 6.44. The van der Waals surface area contributed by atoms with Crippen LogP contribution in [0.1, 0.15) is 10.4 Å². The zero-order chi connectivity index (χ0) is 19.9. The molecule has 0 N–H and O–H groups in total. The molecule has 1 aliphatic heterocycles. The fourth-order valence-electron chi connectivity index (χ4n) is 3.15. The molecule has 0 unspecified atom stereocenters. The van der Waals surface area contributed by atoms with E-state index in [0.717, 1.165) is 5.69 Å². The van der Waals surface area contributed by atoms with E-state index in [-0.39, 0.29) is 11.6 Å². The van der Waals surface area contributed by atoms with Gasteiger partial charge in [0.15, 0.2) is 0 Å². The van der Waals surface area contributed by atoms with Crippen LogP contribution < -0.4 is 9.64 Å². The van der Waals surface area contributed by atoms with Gasteiger partial charge in [0, 0.05) is 51.1 Å². The number of rotatable bonds is 7. The highest BCUT2D eigenvalue weighted by atomic mass is 16.6. The summed E-state index contributed by atoms with van der Waals surface area (Å²) >= 11 is 0. The van der Waals surface area contributed by atoms with E-state index in [2.05, 4.69) is 4.90 Å². The summed E-state index contributed by atoms with van der Waals surface area (Å²) in [5, 5.41) is 11.0. The van der Waals surface area contributed by atoms with E-state index in [0.29, 0.717) is 50.7 Å². The van der Waals surface area contributed by atoms with Crippen LogP contribution in [0.25, 0.3) is 0 Å². The Morgan fingerprint density at radius 2 is 1.82 bits per heavy atom. The number of nitro benzene ring substituents is 1. The lowest BCUT2D eigenvalue weighted by Crippen LogP contribution is -2.48. The number of amides is 1. The maximum absolute atomic E-state index is 12.9. The average Bonchev–Trinajstić information content (AvgIpc) is 2.74. The predicted molar refractivity (Wildman–Crippen MR) is 105 cm³/mol. The van der Waals surface area contributed by atoms with Crippen LogP contribution in [0.15, 0.2) is 48.5 Å². The van der Waals surface area contributed by atoms with Crippen LogP contribution in [0.5, 0.6) is 5.75 Å². The molecule has 8 nitrogen and oxygen atoms in total. The molecule has 0 bridgehead atoms. The molecule has 0 aromatic heterocycles. The minimum Gasteiger partial charge on any atom is -0.490 e. The predicted octanol–water partition coefficient (Wildman–Crippen LogP) is 2.58. The second-order valence-electron chi connectivity index (χ2n) is 6.39. The molecule has 0 aliphatic carbocycles. The van der Waals surface area contributed by atoms with Crippen molar-refractivity contribution in [3.05, 3.63) is 64.2 Å². The van der Waals surface area contributed by atoms with Crippen LogP contribution in [-0.2, 0) is 4.74 Å². The fourth-order valence-corrected chi connectivity index (χ4v) is 3.15. The number of hydrogen-bond donors (Lipinski definition) is 0. The van der Waals surface area contributed by atoms with E-state index in [1.54, 1.807) is 36.3 Å². The van der Waals surface area contributed by atoms with E-state index < -0.39 is 4.92 Å². The maximum Gasteiger partial charge on any atom is 0.271 e. The van der Waals surface area contributed by atoms with Crippen molar-refractivity contribution in [1.29, 1.82) is 0 Å². The first-order valence-corrected chi connectivity index (χ1v) is 9.09. The van der Waals surface area contributed by atoms with Crippen LogP contribution >= 0.6 is 0 Å². The van der Waals surface area contributed by atoms with Crippen molar-refractivity contribution in [3.63, 3.8) is 0 Å². The Morgan fingerprint density at radius 3 is 2.54 bits per heavy atom. The first kappa shape index (κ1) is 19.6. The van der Waals surface area contributed by atoms with Gasteiger partial charge in [-0.2, -0.15) is 0 Å². The highest BCUT2D eigenvalue weighted by Crippen LogP contribution is 2.24. The minimum atomic E-state index is -0.399. The number of nitro groups is 1. The van der Waals surface area contributed by atoms with Gasteiger partial charge in [0.25, 0.3) is 11.6 Å². The Morgan fingerprint density at radius 1 is 1.07 bits per heavy atom. The molecule has 1 fully saturated rings. The summed E-state index contributed by atoms with van der Waals surface area (Å²) in [6.45, 7) is 3.12. The Labute approximate surface area is 163 Å². The normalized spacial score (nSPS) is 14.0. The van der Waals surface area contributed by atoms with Crippen molar-refractivity contribution in [2.75, 3.05) is 51.4 Å². The van der Waals surface area contributed by atoms with Gasteiger partial charge in [-0.25, -0.2) is 0 Å². The smallest absolute Gasteiger partial charge is 0.271 e. The molecule has 1 saturated heterocycles. The molecule has 2 aromatic carbocycles. The molecule has 28 heavy (non-hydrogen) atoms. The van der Waals surface area contributed by atoms with Crippen molar-refractivity contribution in [2.45, 2.75) is 0 Å². The Bertz CT molecular complexity index is 834. The number of nitrogens with zero attached hydrogens (tertiary/aromatic N) is 3. The summed E-state index contributed by atoms with van der Waals surface area (Å²) in [6.07, 6.45) is 0. The first-order chi connectivity index (χ1) is 13.6. The lowest BCUT2D eigenvalue weighted by Gasteiger charge is -2.36. The van der Waals surface area contributed by atoms with Crippen molar-refractivity contribution in [3.8, 4) is 5.75 Å². The number of para-hydroxylation sites is 1. The van der Waals surface area contributed by atoms with Crippen LogP contribution in [0.4, 0.5) is 11.4 Å². The highest BCUT2D eigenvalue weighted by molar-refractivity contribution is 5.97. The zero-order valence-corrected chi connectivity index (χ0v) is 15.7. The molecule has 148 valence electrons. The molecule has 0 spiro atoms. The fraction of sp³-hybridized carbons (Fsp3) is 0.350. The van der Waals surface area contributed by atoms with Gasteiger partial charge >= 0.3 is 0 Å². The lowest BCUT2D eigenvalue weighted by atomic mass is 10.1. The summed E-state index contributed by atoms with van der Waals surface area (Å²) in [5.41, 5.74) is 1.39. The van der Waals surface area contributed by atoms with Crippen LogP contribution in [0.3, 0.4) is 0 Å². The number of hydrogen-bond acceptors (Lipinski definition) is 6. The number of anilines is 1. The van der Waals surface area contributed by atoms with Crippen molar-refractivity contribution >= 4 is 17.3 Å². The largest absolute Gasteiger partial charge is 0.490 e. The molecule has 1 heterocycles. The summed E-state index contributed by atoms with van der Waals surface area (Å²) in [7, 11) is 1.60. The third-order valence-corrected chi connectivity index (χ3v) is 4.64. The Hall–Kier alpha value is -3.13. The van der Waals surface area contributed by atoms with Gasteiger partial charge in [-0.3, -0.25) is 14.9 Å². The molecular formula is C20H23N3O5. The molecule has 0 atom stereocenters. The van der Waals surface area contributed by atoms with Gasteiger partial charge in [-0.15, -0.1) is 0 Å². The monoisotopic (exact) mass is 385 g/mol. The van der Waals surface area contributed by atoms with Crippen molar-refractivity contribution < 1.29 is 19.2 Å². The second kappa shape index (κ2) is 9.18. The Balaban J connectivity index is 1.64. The minimum absolute atomic E-state index is 0.0677. The number of piperazine rings is 1. The van der Waals surface area contributed by atoms with Gasteiger partial charge in [0.05, 0.1) is 17.1 Å². The first-order valence-electron chi connectivity index (χ1n) is 9.09. The summed E-state index contributed by atoms with van der Waals surface area (Å²) in [6, 6.07) is 13.8. The quantitative estimate of drug-likeness (QED) is 0.414. The number of methoxy groups -OCH3 is 1. The van der Waals surface area contributed by atoms with Crippen molar-refractivity contribution in [1.82, 2.24) is 4.90 Å². The van der Waals surface area contributed by atoms with E-state index in [9.17, 15) is 14.9 Å². The standard InChI is InChI=1S/C20H23N3O5/c1-27-13-14-28-19-8-3-2-7-18(19)20(24)22-11-9-21(10-12-22)16-5-4-6-17(15-16)23(25)26/h2-8,15H,9-14H2,1H3. The maximum atomic E-state index is 12.9. The molecule has 0 saturated carbocycles. The molecule has 1 amide bonds. The van der Waals surface area contributed by atoms with Crippen LogP contribution in [0, 0.1) is 10.1 Å². The SMILES string of the molecule is COCCOc1ccccc1C(=O)N1CCN(c2cccc([N+](=O)[O-])c2)CC1. The zero-order valence-electron chi connectivity index (χ0n) is 15.7. The molecule has 1 aliphatic rings. The number of benzene rings is 2. The number of ether oxygens (including phenoxy) is 2. The second-order valence-corrected chi connectivity index (χ2v) is 6.39. The number of non-ortho nitro benzene ring substituents is 1. The number of carbonyl (C=O) groups excluding carboxylic acids is 1. The topological polar surface area (TPSA) is 85.2 Å². The molecule has 0 radical (unpaired) electrons. The van der Waals surface area contributed by atoms with E-state index >= 15 is 0 Å². The van der Waals surface area contributed by atoms with E-state index in [1.807, 2.05) is 18.2 Å². The summed E-state index contributed by atoms with van der Waals surface area (Å²) in [5.74, 6) is 0.470. The van der Waals surface area contributed by atoms with Crippen LogP contribution in [0.2, 0.25) is 0 Å². The highest BCUT2D eigenvalue weighted by Gasteiger charge is 2.25. The van der Waals surface area contributed by atoms with E-state index in [1.165, 1.54) is 6.07 Å². The summed E-state index contributed by atoms with van der Waals surface area (Å²) < 4.78 is 10.7. The van der Waals surface area contributed by atoms with Gasteiger partial charge in [-0.05, 0) is 18.2 Å². The lowest BCUT2D eigenvalue weighted by molar-refractivity contribution is -0.384. The summed E-state index contributed by atoms with van der Waals surface area (Å²) in [4.78, 5) is 27.4. The van der Waals surface area contributed by atoms with Crippen molar-refractivity contribution in [2.24, 2.45) is 0 Å². The average molecular weight is 385 g/mol. The van der Waals surface area contributed by atoms with Gasteiger partial charge in [-0.1, -0.05) is 18.2 Å². The van der Waals surface area contributed by atoms with Gasteiger partial charge in [0.1, 0.15) is 12.4 Å². The third-order valence-electron chi connectivity index (χ3n) is 4.64. The molecular weight excluding hydrogens is 362 g/mol. The molecule has 3 rings (SSSR count). The van der Waals surface area contributed by atoms with E-state index in [4.69, 9.17) is 9.47 Å². The van der Waals surface area contributed by atoms with Gasteiger partial charge < -0.3 is 19.3 Å². The molecule has 2 aromatic rings.